The molecular weight excluding hydrogens is 961 g/mol. The Labute approximate surface area is 486 Å². The molecule has 0 rings (SSSR count). The lowest BCUT2D eigenvalue weighted by Gasteiger charge is -2.18. The van der Waals surface area contributed by atoms with Crippen LogP contribution in [0.25, 0.3) is 0 Å². The summed E-state index contributed by atoms with van der Waals surface area (Å²) < 4.78 is 16.9. The Kier molecular flexibility index (Phi) is 64.6. The summed E-state index contributed by atoms with van der Waals surface area (Å²) in [5.41, 5.74) is 0. The van der Waals surface area contributed by atoms with Crippen molar-refractivity contribution in [3.8, 4) is 0 Å². The number of hydrogen-bond acceptors (Lipinski definition) is 6. The van der Waals surface area contributed by atoms with Crippen molar-refractivity contribution in [2.75, 3.05) is 13.2 Å². The van der Waals surface area contributed by atoms with Crippen LogP contribution in [0.15, 0.2) is 48.6 Å². The van der Waals surface area contributed by atoms with Crippen LogP contribution in [0, 0.1) is 0 Å². The van der Waals surface area contributed by atoms with E-state index in [0.29, 0.717) is 19.3 Å². The summed E-state index contributed by atoms with van der Waals surface area (Å²) in [4.78, 5) is 38.3. The third-order valence-corrected chi connectivity index (χ3v) is 15.6. The smallest absolute Gasteiger partial charge is 0.306 e. The van der Waals surface area contributed by atoms with E-state index in [1.807, 2.05) is 6.08 Å². The Balaban J connectivity index is 4.25. The van der Waals surface area contributed by atoms with Gasteiger partial charge in [0, 0.05) is 19.3 Å². The van der Waals surface area contributed by atoms with Gasteiger partial charge in [-0.15, -0.1) is 0 Å². The van der Waals surface area contributed by atoms with Gasteiger partial charge in [-0.25, -0.2) is 0 Å². The molecule has 0 radical (unpaired) electrons. The zero-order chi connectivity index (χ0) is 56.4. The fourth-order valence-corrected chi connectivity index (χ4v) is 10.5. The fourth-order valence-electron chi connectivity index (χ4n) is 10.5. The molecule has 0 N–H and O–H groups in total. The number of carbonyl (C=O) groups excluding carboxylic acids is 3. The fraction of sp³-hybridized carbons (Fsp3) is 0.847. The van der Waals surface area contributed by atoms with E-state index < -0.39 is 6.10 Å². The van der Waals surface area contributed by atoms with Crippen molar-refractivity contribution in [2.24, 2.45) is 0 Å². The van der Waals surface area contributed by atoms with Gasteiger partial charge in [0.1, 0.15) is 13.2 Å². The van der Waals surface area contributed by atoms with Crippen molar-refractivity contribution in [2.45, 2.75) is 380 Å². The normalized spacial score (nSPS) is 12.3. The van der Waals surface area contributed by atoms with E-state index in [2.05, 4.69) is 63.3 Å². The minimum absolute atomic E-state index is 0.0898. The van der Waals surface area contributed by atoms with E-state index in [1.54, 1.807) is 0 Å². The molecule has 0 spiro atoms. The van der Waals surface area contributed by atoms with Gasteiger partial charge >= 0.3 is 17.9 Å². The first-order valence-corrected chi connectivity index (χ1v) is 34.6. The molecule has 0 amide bonds. The molecule has 0 fully saturated rings. The Bertz CT molecular complexity index is 1350. The maximum Gasteiger partial charge on any atom is 0.306 e. The highest BCUT2D eigenvalue weighted by atomic mass is 16.6. The monoisotopic (exact) mass is 1090 g/mol. The highest BCUT2D eigenvalue weighted by Gasteiger charge is 2.19. The number of ether oxygens (including phenoxy) is 3. The van der Waals surface area contributed by atoms with E-state index in [1.165, 1.54) is 263 Å². The standard InChI is InChI=1S/C72H132O6/c1-4-7-10-13-16-19-22-25-27-29-31-33-35-36-37-39-40-42-44-47-50-53-56-59-62-65-71(74)77-68-69(67-76-70(73)64-61-58-55-52-49-46-24-21-18-15-12-9-6-3)78-72(75)66-63-60-57-54-51-48-45-43-41-38-34-32-30-28-26-23-20-17-14-11-8-5-2/h9,12,18,21,46,49,55,58,69H,4-8,10-11,13-17,19-20,22-45,47-48,50-54,56-57,59-68H2,1-3H3/b12-9-,21-18-,49-46-,58-55-. The zero-order valence-electron chi connectivity index (χ0n) is 52.5. The van der Waals surface area contributed by atoms with E-state index in [0.717, 1.165) is 64.2 Å². The maximum absolute atomic E-state index is 12.9. The predicted molar refractivity (Wildman–Crippen MR) is 339 cm³/mol. The average molecular weight is 1090 g/mol. The van der Waals surface area contributed by atoms with Gasteiger partial charge in [0.2, 0.25) is 0 Å². The summed E-state index contributed by atoms with van der Waals surface area (Å²) in [5.74, 6) is -0.949. The molecule has 0 aromatic carbocycles. The number of rotatable bonds is 64. The molecule has 6 heteroatoms. The molecule has 0 aliphatic rings. The lowest BCUT2D eigenvalue weighted by atomic mass is 10.0. The number of carbonyl (C=O) groups is 3. The molecule has 1 atom stereocenters. The summed E-state index contributed by atoms with van der Waals surface area (Å²) in [5, 5.41) is 0. The minimum Gasteiger partial charge on any atom is -0.462 e. The van der Waals surface area contributed by atoms with E-state index in [4.69, 9.17) is 14.2 Å². The second kappa shape index (κ2) is 66.9. The van der Waals surface area contributed by atoms with Crippen LogP contribution in [0.1, 0.15) is 374 Å². The zero-order valence-corrected chi connectivity index (χ0v) is 52.5. The molecule has 0 saturated carbocycles. The molecule has 0 saturated heterocycles. The van der Waals surface area contributed by atoms with Crippen LogP contribution in [0.2, 0.25) is 0 Å². The number of esters is 3. The second-order valence-electron chi connectivity index (χ2n) is 23.4. The van der Waals surface area contributed by atoms with Gasteiger partial charge in [-0.2, -0.15) is 0 Å². The molecule has 78 heavy (non-hydrogen) atoms. The van der Waals surface area contributed by atoms with Gasteiger partial charge in [0.05, 0.1) is 0 Å². The Morgan fingerprint density at radius 1 is 0.269 bits per heavy atom. The quantitative estimate of drug-likeness (QED) is 0.0261. The van der Waals surface area contributed by atoms with Crippen molar-refractivity contribution >= 4 is 17.9 Å². The second-order valence-corrected chi connectivity index (χ2v) is 23.4. The molecule has 1 unspecified atom stereocenters. The molecule has 0 aliphatic carbocycles. The van der Waals surface area contributed by atoms with Crippen molar-refractivity contribution in [3.05, 3.63) is 48.6 Å². The third-order valence-electron chi connectivity index (χ3n) is 15.6. The Morgan fingerprint density at radius 3 is 0.782 bits per heavy atom. The average Bonchev–Trinajstić information content (AvgIpc) is 3.44. The summed E-state index contributed by atoms with van der Waals surface area (Å²) in [7, 11) is 0. The Morgan fingerprint density at radius 2 is 0.500 bits per heavy atom. The van der Waals surface area contributed by atoms with Crippen molar-refractivity contribution in [3.63, 3.8) is 0 Å². The lowest BCUT2D eigenvalue weighted by molar-refractivity contribution is -0.166. The van der Waals surface area contributed by atoms with Gasteiger partial charge in [-0.1, -0.05) is 358 Å². The van der Waals surface area contributed by atoms with Gasteiger partial charge in [0.15, 0.2) is 6.10 Å². The van der Waals surface area contributed by atoms with Crippen molar-refractivity contribution in [1.29, 1.82) is 0 Å². The summed E-state index contributed by atoms with van der Waals surface area (Å²) in [6, 6.07) is 0. The first-order chi connectivity index (χ1) is 38.5. The summed E-state index contributed by atoms with van der Waals surface area (Å²) >= 11 is 0. The first-order valence-electron chi connectivity index (χ1n) is 34.6. The van der Waals surface area contributed by atoms with Crippen LogP contribution >= 0.6 is 0 Å². The highest BCUT2D eigenvalue weighted by molar-refractivity contribution is 5.71. The molecular formula is C72H132O6. The number of unbranched alkanes of at least 4 members (excludes halogenated alkanes) is 45. The Hall–Kier alpha value is -2.63. The van der Waals surface area contributed by atoms with Crippen molar-refractivity contribution < 1.29 is 28.6 Å². The molecule has 456 valence electrons. The van der Waals surface area contributed by atoms with Crippen LogP contribution in [0.4, 0.5) is 0 Å². The van der Waals surface area contributed by atoms with Crippen molar-refractivity contribution in [1.82, 2.24) is 0 Å². The minimum atomic E-state index is -0.799. The molecule has 0 aliphatic heterocycles. The molecule has 0 aromatic heterocycles. The highest BCUT2D eigenvalue weighted by Crippen LogP contribution is 2.19. The maximum atomic E-state index is 12.9. The third kappa shape index (κ3) is 64.2. The van der Waals surface area contributed by atoms with Gasteiger partial charge in [-0.3, -0.25) is 14.4 Å². The number of allylic oxidation sites excluding steroid dienone is 8. The summed E-state index contributed by atoms with van der Waals surface area (Å²) in [6.45, 7) is 6.54. The van der Waals surface area contributed by atoms with Gasteiger partial charge in [-0.05, 0) is 44.9 Å². The van der Waals surface area contributed by atoms with E-state index in [9.17, 15) is 14.4 Å². The predicted octanol–water partition coefficient (Wildman–Crippen LogP) is 23.7. The van der Waals surface area contributed by atoms with E-state index in [-0.39, 0.29) is 37.5 Å². The molecule has 0 heterocycles. The lowest BCUT2D eigenvalue weighted by Crippen LogP contribution is -2.30. The number of hydrogen-bond donors (Lipinski definition) is 0. The summed E-state index contributed by atoms with van der Waals surface area (Å²) in [6.07, 6.45) is 84.5. The first kappa shape index (κ1) is 75.4. The largest absolute Gasteiger partial charge is 0.462 e. The van der Waals surface area contributed by atoms with Crippen LogP contribution in [0.5, 0.6) is 0 Å². The van der Waals surface area contributed by atoms with Crippen LogP contribution in [0.3, 0.4) is 0 Å². The SMILES string of the molecule is CC/C=C\C/C=C\C/C=C\C/C=C\CCC(=O)OCC(COC(=O)CCCCCCCCCCCCCCCCCCCCCCCCCCC)OC(=O)CCCCCCCCCCCCCCCCCCCCCCCC. The van der Waals surface area contributed by atoms with Gasteiger partial charge < -0.3 is 14.2 Å². The topological polar surface area (TPSA) is 78.9 Å². The van der Waals surface area contributed by atoms with Crippen LogP contribution < -0.4 is 0 Å². The van der Waals surface area contributed by atoms with Gasteiger partial charge in [0.25, 0.3) is 0 Å². The molecule has 6 nitrogen and oxygen atoms in total. The molecule has 0 bridgehead atoms. The van der Waals surface area contributed by atoms with Crippen LogP contribution in [-0.4, -0.2) is 37.2 Å². The van der Waals surface area contributed by atoms with E-state index >= 15 is 0 Å². The molecule has 0 aromatic rings. The van der Waals surface area contributed by atoms with Crippen LogP contribution in [-0.2, 0) is 28.6 Å².